The number of Topliss-reactive ketones (excluding diaryl/α,β-unsaturated/α-hetero) is 1. The highest BCUT2D eigenvalue weighted by atomic mass is 32.2. The second-order valence-corrected chi connectivity index (χ2v) is 8.63. The second-order valence-electron chi connectivity index (χ2n) is 7.65. The van der Waals surface area contributed by atoms with E-state index in [0.717, 1.165) is 5.69 Å². The monoisotopic (exact) mass is 463 g/mol. The minimum atomic E-state index is -0.243. The predicted molar refractivity (Wildman–Crippen MR) is 131 cm³/mol. The van der Waals surface area contributed by atoms with E-state index in [1.807, 2.05) is 36.6 Å². The van der Waals surface area contributed by atoms with Crippen LogP contribution in [0.25, 0.3) is 11.3 Å². The second kappa shape index (κ2) is 10.0. The van der Waals surface area contributed by atoms with Crippen LogP contribution in [0.4, 0.5) is 17.2 Å². The molecule has 0 fully saturated rings. The van der Waals surface area contributed by atoms with Gasteiger partial charge in [-0.3, -0.25) is 19.0 Å². The lowest BCUT2D eigenvalue weighted by atomic mass is 10.0. The number of thioether (sulfide) groups is 1. The van der Waals surface area contributed by atoms with Gasteiger partial charge in [0.1, 0.15) is 5.82 Å². The first-order valence-corrected chi connectivity index (χ1v) is 12.0. The lowest BCUT2D eigenvalue weighted by Crippen LogP contribution is -2.32. The van der Waals surface area contributed by atoms with Gasteiger partial charge in [-0.1, -0.05) is 18.2 Å². The summed E-state index contributed by atoms with van der Waals surface area (Å²) in [7, 11) is 0. The molecule has 1 aliphatic rings. The molecule has 0 atom stereocenters. The van der Waals surface area contributed by atoms with Crippen molar-refractivity contribution in [1.82, 2.24) is 14.9 Å². The van der Waals surface area contributed by atoms with E-state index in [0.29, 0.717) is 52.7 Å². The molecule has 1 amide bonds. The summed E-state index contributed by atoms with van der Waals surface area (Å²) in [5, 5.41) is 9.19. The number of anilines is 3. The van der Waals surface area contributed by atoms with Crippen LogP contribution in [0, 0.1) is 0 Å². The zero-order valence-electron chi connectivity index (χ0n) is 18.5. The molecule has 0 radical (unpaired) electrons. The minimum absolute atomic E-state index is 0.0801. The van der Waals surface area contributed by atoms with Crippen LogP contribution in [0.1, 0.15) is 34.2 Å². The zero-order chi connectivity index (χ0) is 23.4. The topological polar surface area (TPSA) is 105 Å². The number of para-hydroxylation sites is 1. The molecule has 33 heavy (non-hydrogen) atoms. The van der Waals surface area contributed by atoms with Crippen LogP contribution in [-0.4, -0.2) is 45.7 Å². The Labute approximate surface area is 196 Å². The first-order valence-electron chi connectivity index (χ1n) is 10.6. The Morgan fingerprint density at radius 1 is 1.18 bits per heavy atom. The van der Waals surface area contributed by atoms with Gasteiger partial charge in [-0.2, -0.15) is 11.8 Å². The molecule has 0 aliphatic carbocycles. The van der Waals surface area contributed by atoms with E-state index < -0.39 is 0 Å². The number of nitrogens with zero attached hydrogens (tertiary/aromatic N) is 2. The van der Waals surface area contributed by atoms with Crippen LogP contribution in [0.5, 0.6) is 0 Å². The van der Waals surface area contributed by atoms with Gasteiger partial charge in [-0.15, -0.1) is 0 Å². The smallest absolute Gasteiger partial charge is 0.232 e. The number of benzene rings is 1. The summed E-state index contributed by atoms with van der Waals surface area (Å²) >= 11 is 1.59. The molecule has 170 valence electrons. The van der Waals surface area contributed by atoms with E-state index >= 15 is 0 Å². The molecule has 3 aromatic rings. The number of hydrogen-bond donors (Lipinski definition) is 3. The first kappa shape index (κ1) is 22.8. The van der Waals surface area contributed by atoms with Crippen LogP contribution in [0.15, 0.2) is 48.7 Å². The van der Waals surface area contributed by atoms with Crippen LogP contribution < -0.4 is 16.0 Å². The van der Waals surface area contributed by atoms with Crippen molar-refractivity contribution in [2.45, 2.75) is 19.9 Å². The van der Waals surface area contributed by atoms with Crippen molar-refractivity contribution in [3.63, 3.8) is 0 Å². The minimum Gasteiger partial charge on any atom is -0.353 e. The molecular formula is C24H25N5O3S. The predicted octanol–water partition coefficient (Wildman–Crippen LogP) is 3.93. The highest BCUT2D eigenvalue weighted by Crippen LogP contribution is 2.40. The van der Waals surface area contributed by atoms with E-state index in [1.54, 1.807) is 34.7 Å². The molecule has 0 unspecified atom stereocenters. The van der Waals surface area contributed by atoms with Crippen LogP contribution in [0.3, 0.4) is 0 Å². The fourth-order valence-electron chi connectivity index (χ4n) is 3.94. The molecule has 0 spiro atoms. The van der Waals surface area contributed by atoms with Gasteiger partial charge in [-0.25, -0.2) is 4.98 Å². The summed E-state index contributed by atoms with van der Waals surface area (Å²) in [5.41, 5.74) is 3.80. The molecule has 8 nitrogen and oxygen atoms in total. The molecule has 0 saturated heterocycles. The molecule has 0 bridgehead atoms. The van der Waals surface area contributed by atoms with E-state index in [9.17, 15) is 14.4 Å². The van der Waals surface area contributed by atoms with Crippen molar-refractivity contribution in [3.05, 3.63) is 59.9 Å². The van der Waals surface area contributed by atoms with Crippen molar-refractivity contribution >= 4 is 46.6 Å². The Morgan fingerprint density at radius 3 is 2.70 bits per heavy atom. The maximum atomic E-state index is 13.4. The number of carbonyl (C=O) groups is 3. The number of amides is 1. The van der Waals surface area contributed by atoms with Gasteiger partial charge in [0.2, 0.25) is 11.8 Å². The molecule has 2 aromatic heterocycles. The third kappa shape index (κ3) is 4.84. The van der Waals surface area contributed by atoms with Gasteiger partial charge in [0.05, 0.1) is 29.2 Å². The van der Waals surface area contributed by atoms with Crippen LogP contribution in [-0.2, 0) is 11.3 Å². The largest absolute Gasteiger partial charge is 0.353 e. The average molecular weight is 464 g/mol. The Kier molecular flexibility index (Phi) is 6.90. The molecule has 1 aliphatic heterocycles. The summed E-state index contributed by atoms with van der Waals surface area (Å²) in [4.78, 5) is 42.2. The fraction of sp³-hybridized carbons (Fsp3) is 0.250. The maximum Gasteiger partial charge on any atom is 0.232 e. The highest BCUT2D eigenvalue weighted by molar-refractivity contribution is 7.98. The van der Waals surface area contributed by atoms with Crippen LogP contribution in [0.2, 0.25) is 0 Å². The number of hydrogen-bond acceptors (Lipinski definition) is 7. The van der Waals surface area contributed by atoms with E-state index in [4.69, 9.17) is 0 Å². The standard InChI is InChI=1S/C24H25N5O3S/c1-15(30)27-20-12-16(8-10-26-20)24-23(28-17-6-4-3-5-7-17)22-18(13-25-14-19(22)31)29(24)21(32)9-11-33-2/h3-8,10,12,25,28H,9,11,13-14H2,1-2H3,(H,26,27,30). The summed E-state index contributed by atoms with van der Waals surface area (Å²) in [6.45, 7) is 2.01. The van der Waals surface area contributed by atoms with Gasteiger partial charge in [-0.05, 0) is 30.5 Å². The Hall–Kier alpha value is -3.43. The van der Waals surface area contributed by atoms with Crippen molar-refractivity contribution in [1.29, 1.82) is 0 Å². The number of aromatic nitrogens is 2. The van der Waals surface area contributed by atoms with Crippen molar-refractivity contribution < 1.29 is 14.4 Å². The molecule has 4 rings (SSSR count). The highest BCUT2D eigenvalue weighted by Gasteiger charge is 2.32. The van der Waals surface area contributed by atoms with E-state index in [1.165, 1.54) is 6.92 Å². The third-order valence-corrected chi connectivity index (χ3v) is 5.89. The summed E-state index contributed by atoms with van der Waals surface area (Å²) in [6.07, 6.45) is 3.86. The van der Waals surface area contributed by atoms with Crippen molar-refractivity contribution in [2.24, 2.45) is 0 Å². The van der Waals surface area contributed by atoms with Gasteiger partial charge < -0.3 is 16.0 Å². The average Bonchev–Trinajstić information content (AvgIpc) is 3.13. The van der Waals surface area contributed by atoms with Gasteiger partial charge >= 0.3 is 0 Å². The van der Waals surface area contributed by atoms with Crippen molar-refractivity contribution in [3.8, 4) is 11.3 Å². The Bertz CT molecular complexity index is 1210. The lowest BCUT2D eigenvalue weighted by molar-refractivity contribution is -0.114. The molecule has 3 heterocycles. The number of nitrogens with one attached hydrogen (secondary N) is 3. The Morgan fingerprint density at radius 2 is 1.97 bits per heavy atom. The molecule has 3 N–H and O–H groups in total. The van der Waals surface area contributed by atoms with Gasteiger partial charge in [0.15, 0.2) is 5.78 Å². The van der Waals surface area contributed by atoms with Gasteiger partial charge in [0.25, 0.3) is 0 Å². The van der Waals surface area contributed by atoms with Gasteiger partial charge in [0, 0.05) is 43.1 Å². The first-order chi connectivity index (χ1) is 16.0. The number of pyridine rings is 1. The normalized spacial score (nSPS) is 12.8. The SMILES string of the molecule is CSCCC(=O)n1c2c(c(Nc3ccccc3)c1-c1ccnc(NC(C)=O)c1)C(=O)CNC2. The molecule has 1 aromatic carbocycles. The zero-order valence-corrected chi connectivity index (χ0v) is 19.3. The van der Waals surface area contributed by atoms with Crippen LogP contribution >= 0.6 is 11.8 Å². The quantitative estimate of drug-likeness (QED) is 0.488. The lowest BCUT2D eigenvalue weighted by Gasteiger charge is -2.16. The van der Waals surface area contributed by atoms with E-state index in [2.05, 4.69) is 20.9 Å². The third-order valence-electron chi connectivity index (χ3n) is 5.28. The molecular weight excluding hydrogens is 438 g/mol. The van der Waals surface area contributed by atoms with E-state index in [-0.39, 0.29) is 24.1 Å². The summed E-state index contributed by atoms with van der Waals surface area (Å²) in [6, 6.07) is 13.0. The summed E-state index contributed by atoms with van der Waals surface area (Å²) in [5.74, 6) is 0.626. The molecule has 9 heteroatoms. The summed E-state index contributed by atoms with van der Waals surface area (Å²) < 4.78 is 1.65. The fourth-order valence-corrected chi connectivity index (χ4v) is 4.31. The van der Waals surface area contributed by atoms with Crippen molar-refractivity contribution in [2.75, 3.05) is 29.2 Å². The number of rotatable bonds is 7. The number of fused-ring (bicyclic) bond motifs is 1. The number of ketones is 1. The Balaban J connectivity index is 1.96. The number of carbonyl (C=O) groups excluding carboxylic acids is 3. The maximum absolute atomic E-state index is 13.4. The molecule has 0 saturated carbocycles.